The molecule has 16 heavy (non-hydrogen) atoms. The van der Waals surface area contributed by atoms with Gasteiger partial charge in [0.15, 0.2) is 0 Å². The van der Waals surface area contributed by atoms with Crippen molar-refractivity contribution in [2.45, 2.75) is 25.9 Å². The molecule has 2 unspecified atom stereocenters. The molecule has 1 N–H and O–H groups in total. The zero-order chi connectivity index (χ0) is 11.5. The van der Waals surface area contributed by atoms with Crippen molar-refractivity contribution in [1.29, 1.82) is 0 Å². The zero-order valence-electron chi connectivity index (χ0n) is 9.64. The molecule has 86 valence electrons. The molecule has 3 nitrogen and oxygen atoms in total. The maximum atomic E-state index is 11.1. The summed E-state index contributed by atoms with van der Waals surface area (Å²) in [6.07, 6.45) is -0.346. The first-order chi connectivity index (χ1) is 7.68. The minimum atomic E-state index is -0.299. The number of alkyl carbamates (subject to hydrolysis) is 1. The van der Waals surface area contributed by atoms with Gasteiger partial charge in [-0.05, 0) is 11.5 Å². The highest BCUT2D eigenvalue weighted by molar-refractivity contribution is 5.69. The van der Waals surface area contributed by atoms with Crippen LogP contribution in [0.2, 0.25) is 0 Å². The number of hydrogen-bond acceptors (Lipinski definition) is 2. The van der Waals surface area contributed by atoms with Gasteiger partial charge in [0.25, 0.3) is 0 Å². The molecular formula is C13H17NO2. The molecule has 1 aliphatic rings. The lowest BCUT2D eigenvalue weighted by molar-refractivity contribution is 0.114. The monoisotopic (exact) mass is 219 g/mol. The molecule has 1 aromatic carbocycles. The summed E-state index contributed by atoms with van der Waals surface area (Å²) in [7, 11) is 0. The van der Waals surface area contributed by atoms with Gasteiger partial charge < -0.3 is 10.1 Å². The molecule has 0 aliphatic carbocycles. The molecule has 0 saturated carbocycles. The SMILES string of the molecule is CC(C)C(c1ccccc1)C1CNC(=O)O1. The Kier molecular flexibility index (Phi) is 3.13. The van der Waals surface area contributed by atoms with E-state index in [1.54, 1.807) is 0 Å². The van der Waals surface area contributed by atoms with Gasteiger partial charge in [0.1, 0.15) is 6.10 Å². The van der Waals surface area contributed by atoms with Crippen molar-refractivity contribution < 1.29 is 9.53 Å². The standard InChI is InChI=1S/C13H17NO2/c1-9(2)12(10-6-4-3-5-7-10)11-8-14-13(15)16-11/h3-7,9,11-12H,8H2,1-2H3,(H,14,15). The van der Waals surface area contributed by atoms with Crippen LogP contribution in [0.3, 0.4) is 0 Å². The lowest BCUT2D eigenvalue weighted by Gasteiger charge is -2.25. The van der Waals surface area contributed by atoms with Crippen LogP contribution in [0.25, 0.3) is 0 Å². The van der Waals surface area contributed by atoms with Crippen LogP contribution in [-0.4, -0.2) is 18.7 Å². The quantitative estimate of drug-likeness (QED) is 0.848. The fourth-order valence-electron chi connectivity index (χ4n) is 2.31. The van der Waals surface area contributed by atoms with Crippen LogP contribution in [0.1, 0.15) is 25.3 Å². The number of cyclic esters (lactones) is 1. The second-order valence-electron chi connectivity index (χ2n) is 4.51. The molecule has 1 saturated heterocycles. The first-order valence-electron chi connectivity index (χ1n) is 5.68. The van der Waals surface area contributed by atoms with Crippen LogP contribution in [0, 0.1) is 5.92 Å². The molecular weight excluding hydrogens is 202 g/mol. The molecule has 2 rings (SSSR count). The van der Waals surface area contributed by atoms with Crippen molar-refractivity contribution in [3.05, 3.63) is 35.9 Å². The van der Waals surface area contributed by atoms with E-state index >= 15 is 0 Å². The summed E-state index contributed by atoms with van der Waals surface area (Å²) < 4.78 is 5.29. The van der Waals surface area contributed by atoms with Crippen molar-refractivity contribution in [2.24, 2.45) is 5.92 Å². The third-order valence-electron chi connectivity index (χ3n) is 3.01. The highest BCUT2D eigenvalue weighted by Gasteiger charge is 2.33. The number of rotatable bonds is 3. The molecule has 0 bridgehead atoms. The summed E-state index contributed by atoms with van der Waals surface area (Å²) in [5, 5.41) is 2.71. The number of benzene rings is 1. The molecule has 0 spiro atoms. The van der Waals surface area contributed by atoms with E-state index in [0.29, 0.717) is 12.5 Å². The third-order valence-corrected chi connectivity index (χ3v) is 3.01. The first-order valence-corrected chi connectivity index (χ1v) is 5.68. The van der Waals surface area contributed by atoms with Crippen LogP contribution in [-0.2, 0) is 4.74 Å². The highest BCUT2D eigenvalue weighted by Crippen LogP contribution is 2.30. The van der Waals surface area contributed by atoms with Crippen molar-refractivity contribution in [3.63, 3.8) is 0 Å². The summed E-state index contributed by atoms with van der Waals surface area (Å²) in [6, 6.07) is 10.2. The Hall–Kier alpha value is -1.51. The topological polar surface area (TPSA) is 38.3 Å². The van der Waals surface area contributed by atoms with Gasteiger partial charge in [-0.15, -0.1) is 0 Å². The fourth-order valence-corrected chi connectivity index (χ4v) is 2.31. The molecule has 0 aromatic heterocycles. The van der Waals surface area contributed by atoms with Crippen molar-refractivity contribution >= 4 is 6.09 Å². The Labute approximate surface area is 95.8 Å². The molecule has 0 radical (unpaired) electrons. The summed E-state index contributed by atoms with van der Waals surface area (Å²) in [4.78, 5) is 11.1. The fraction of sp³-hybridized carbons (Fsp3) is 0.462. The van der Waals surface area contributed by atoms with Crippen LogP contribution in [0.4, 0.5) is 4.79 Å². The van der Waals surface area contributed by atoms with E-state index in [1.165, 1.54) is 5.56 Å². The summed E-state index contributed by atoms with van der Waals surface area (Å²) in [6.45, 7) is 4.92. The van der Waals surface area contributed by atoms with E-state index in [-0.39, 0.29) is 18.1 Å². The Morgan fingerprint density at radius 1 is 1.31 bits per heavy atom. The lowest BCUT2D eigenvalue weighted by Crippen LogP contribution is -2.26. The normalized spacial score (nSPS) is 21.7. The van der Waals surface area contributed by atoms with Gasteiger partial charge in [0, 0.05) is 5.92 Å². The van der Waals surface area contributed by atoms with E-state index in [9.17, 15) is 4.79 Å². The number of hydrogen-bond donors (Lipinski definition) is 1. The van der Waals surface area contributed by atoms with Crippen molar-refractivity contribution in [2.75, 3.05) is 6.54 Å². The van der Waals surface area contributed by atoms with E-state index in [4.69, 9.17) is 4.74 Å². The van der Waals surface area contributed by atoms with Gasteiger partial charge in [0.2, 0.25) is 0 Å². The molecule has 1 amide bonds. The Morgan fingerprint density at radius 2 is 2.00 bits per heavy atom. The van der Waals surface area contributed by atoms with E-state index in [0.717, 1.165) is 0 Å². The Balaban J connectivity index is 2.21. The smallest absolute Gasteiger partial charge is 0.407 e. The van der Waals surface area contributed by atoms with E-state index in [2.05, 4.69) is 31.3 Å². The molecule has 1 aromatic rings. The largest absolute Gasteiger partial charge is 0.444 e. The second-order valence-corrected chi connectivity index (χ2v) is 4.51. The number of nitrogens with one attached hydrogen (secondary N) is 1. The number of ether oxygens (including phenoxy) is 1. The van der Waals surface area contributed by atoms with Crippen LogP contribution in [0.5, 0.6) is 0 Å². The third kappa shape index (κ3) is 2.18. The predicted octanol–water partition coefficient (Wildman–Crippen LogP) is 2.53. The predicted molar refractivity (Wildman–Crippen MR) is 62.3 cm³/mol. The van der Waals surface area contributed by atoms with Crippen LogP contribution >= 0.6 is 0 Å². The number of carbonyl (C=O) groups excluding carboxylic acids is 1. The molecule has 1 fully saturated rings. The average molecular weight is 219 g/mol. The van der Waals surface area contributed by atoms with Gasteiger partial charge in [-0.1, -0.05) is 44.2 Å². The summed E-state index contributed by atoms with van der Waals surface area (Å²) >= 11 is 0. The zero-order valence-corrected chi connectivity index (χ0v) is 9.64. The Morgan fingerprint density at radius 3 is 2.50 bits per heavy atom. The highest BCUT2D eigenvalue weighted by atomic mass is 16.6. The van der Waals surface area contributed by atoms with Gasteiger partial charge in [-0.3, -0.25) is 0 Å². The Bertz CT molecular complexity index is 361. The van der Waals surface area contributed by atoms with E-state index in [1.807, 2.05) is 18.2 Å². The average Bonchev–Trinajstić information content (AvgIpc) is 2.66. The minimum Gasteiger partial charge on any atom is -0.444 e. The van der Waals surface area contributed by atoms with Crippen LogP contribution in [0.15, 0.2) is 30.3 Å². The number of carbonyl (C=O) groups is 1. The molecule has 3 heteroatoms. The van der Waals surface area contributed by atoms with E-state index < -0.39 is 0 Å². The van der Waals surface area contributed by atoms with Gasteiger partial charge in [-0.2, -0.15) is 0 Å². The molecule has 2 atom stereocenters. The number of amides is 1. The maximum absolute atomic E-state index is 11.1. The minimum absolute atomic E-state index is 0.0464. The van der Waals surface area contributed by atoms with Crippen molar-refractivity contribution in [3.8, 4) is 0 Å². The van der Waals surface area contributed by atoms with Crippen molar-refractivity contribution in [1.82, 2.24) is 5.32 Å². The van der Waals surface area contributed by atoms with Gasteiger partial charge in [0.05, 0.1) is 6.54 Å². The maximum Gasteiger partial charge on any atom is 0.407 e. The summed E-state index contributed by atoms with van der Waals surface area (Å²) in [5.41, 5.74) is 1.24. The van der Waals surface area contributed by atoms with Gasteiger partial charge in [-0.25, -0.2) is 4.79 Å². The summed E-state index contributed by atoms with van der Waals surface area (Å²) in [5.74, 6) is 0.709. The second kappa shape index (κ2) is 4.56. The van der Waals surface area contributed by atoms with Gasteiger partial charge >= 0.3 is 6.09 Å². The lowest BCUT2D eigenvalue weighted by atomic mass is 9.84. The molecule has 1 heterocycles. The first kappa shape index (κ1) is 11.0. The molecule has 1 aliphatic heterocycles. The van der Waals surface area contributed by atoms with Crippen LogP contribution < -0.4 is 5.32 Å².